The monoisotopic (exact) mass is 273 g/mol. The van der Waals surface area contributed by atoms with Crippen LogP contribution in [0.5, 0.6) is 0 Å². The molecule has 5 nitrogen and oxygen atoms in total. The molecule has 0 aromatic heterocycles. The number of nitrogens with one attached hydrogen (secondary N) is 2. The second-order valence-corrected chi connectivity index (χ2v) is 4.87. The highest BCUT2D eigenvalue weighted by molar-refractivity contribution is 5.86. The van der Waals surface area contributed by atoms with E-state index in [-0.39, 0.29) is 30.3 Å². The van der Waals surface area contributed by atoms with Gasteiger partial charge in [-0.1, -0.05) is 42.5 Å². The van der Waals surface area contributed by atoms with Gasteiger partial charge >= 0.3 is 0 Å². The van der Waals surface area contributed by atoms with Crippen LogP contribution in [0.1, 0.15) is 12.0 Å². The first kappa shape index (κ1) is 14.3. The second-order valence-electron chi connectivity index (χ2n) is 4.87. The van der Waals surface area contributed by atoms with Gasteiger partial charge in [-0.3, -0.25) is 9.59 Å². The predicted molar refractivity (Wildman–Crippen MR) is 76.5 cm³/mol. The summed E-state index contributed by atoms with van der Waals surface area (Å²) < 4.78 is 0. The molecule has 2 amide bonds. The van der Waals surface area contributed by atoms with Gasteiger partial charge in [0.1, 0.15) is 0 Å². The molecule has 4 N–H and O–H groups in total. The first-order valence-electron chi connectivity index (χ1n) is 6.67. The van der Waals surface area contributed by atoms with E-state index in [2.05, 4.69) is 10.6 Å². The molecule has 0 radical (unpaired) electrons. The fourth-order valence-electron chi connectivity index (χ4n) is 2.08. The molecule has 0 saturated heterocycles. The zero-order chi connectivity index (χ0) is 14.4. The highest BCUT2D eigenvalue weighted by Gasteiger charge is 2.22. The summed E-state index contributed by atoms with van der Waals surface area (Å²) in [6, 6.07) is 9.56. The normalized spacial score (nSPS) is 20.6. The van der Waals surface area contributed by atoms with Crippen LogP contribution in [-0.2, 0) is 16.1 Å². The third-order valence-corrected chi connectivity index (χ3v) is 3.21. The lowest BCUT2D eigenvalue weighted by atomic mass is 10.1. The highest BCUT2D eigenvalue weighted by atomic mass is 16.2. The Labute approximate surface area is 118 Å². The fraction of sp³-hybridized carbons (Fsp3) is 0.333. The molecule has 1 aliphatic carbocycles. The largest absolute Gasteiger partial charge is 0.350 e. The predicted octanol–water partition coefficient (Wildman–Crippen LogP) is 0.322. The molecule has 2 atom stereocenters. The van der Waals surface area contributed by atoms with Gasteiger partial charge in [0, 0.05) is 12.6 Å². The number of carbonyl (C=O) groups excluding carboxylic acids is 2. The van der Waals surface area contributed by atoms with E-state index in [1.54, 1.807) is 6.08 Å². The molecule has 0 spiro atoms. The molecule has 1 aromatic rings. The molecule has 0 heterocycles. The van der Waals surface area contributed by atoms with Crippen molar-refractivity contribution in [1.82, 2.24) is 10.6 Å². The van der Waals surface area contributed by atoms with Gasteiger partial charge in [0.15, 0.2) is 0 Å². The Kier molecular flexibility index (Phi) is 4.90. The quantitative estimate of drug-likeness (QED) is 0.676. The Bertz CT molecular complexity index is 499. The molecule has 1 aliphatic rings. The fourth-order valence-corrected chi connectivity index (χ4v) is 2.08. The van der Waals surface area contributed by atoms with Crippen LogP contribution >= 0.6 is 0 Å². The average Bonchev–Trinajstić information content (AvgIpc) is 2.90. The van der Waals surface area contributed by atoms with Gasteiger partial charge in [0.05, 0.1) is 12.5 Å². The summed E-state index contributed by atoms with van der Waals surface area (Å²) in [5.41, 5.74) is 6.71. The van der Waals surface area contributed by atoms with Crippen molar-refractivity contribution in [1.29, 1.82) is 0 Å². The van der Waals surface area contributed by atoms with Crippen LogP contribution in [0.2, 0.25) is 0 Å². The second kappa shape index (κ2) is 6.86. The summed E-state index contributed by atoms with van der Waals surface area (Å²) in [6.07, 6.45) is 4.22. The number of benzene rings is 1. The van der Waals surface area contributed by atoms with Gasteiger partial charge in [-0.15, -0.1) is 0 Å². The number of hydrogen-bond donors (Lipinski definition) is 3. The maximum Gasteiger partial charge on any atom is 0.239 e. The van der Waals surface area contributed by atoms with E-state index in [1.807, 2.05) is 36.4 Å². The lowest BCUT2D eigenvalue weighted by Crippen LogP contribution is -2.39. The number of nitrogens with two attached hydrogens (primary N) is 1. The molecule has 0 bridgehead atoms. The molecule has 5 heteroatoms. The van der Waals surface area contributed by atoms with Crippen LogP contribution in [0.4, 0.5) is 0 Å². The summed E-state index contributed by atoms with van der Waals surface area (Å²) in [6.45, 7) is 0.453. The Morgan fingerprint density at radius 2 is 1.90 bits per heavy atom. The lowest BCUT2D eigenvalue weighted by molar-refractivity contribution is -0.127. The number of amides is 2. The van der Waals surface area contributed by atoms with Gasteiger partial charge in [0.2, 0.25) is 11.8 Å². The van der Waals surface area contributed by atoms with Crippen molar-refractivity contribution in [3.63, 3.8) is 0 Å². The number of carbonyl (C=O) groups is 2. The Morgan fingerprint density at radius 1 is 1.15 bits per heavy atom. The minimum absolute atomic E-state index is 0.00869. The molecule has 2 unspecified atom stereocenters. The minimum atomic E-state index is -0.216. The molecule has 0 saturated carbocycles. The smallest absolute Gasteiger partial charge is 0.239 e. The Balaban J connectivity index is 1.67. The van der Waals surface area contributed by atoms with Crippen LogP contribution in [0.25, 0.3) is 0 Å². The van der Waals surface area contributed by atoms with Gasteiger partial charge in [-0.05, 0) is 12.0 Å². The maximum absolute atomic E-state index is 11.8. The average molecular weight is 273 g/mol. The maximum atomic E-state index is 11.8. The zero-order valence-electron chi connectivity index (χ0n) is 11.2. The molecule has 1 aromatic carbocycles. The van der Waals surface area contributed by atoms with Gasteiger partial charge in [-0.25, -0.2) is 0 Å². The van der Waals surface area contributed by atoms with E-state index in [0.717, 1.165) is 5.56 Å². The van der Waals surface area contributed by atoms with Gasteiger partial charge in [0.25, 0.3) is 0 Å². The third-order valence-electron chi connectivity index (χ3n) is 3.21. The van der Waals surface area contributed by atoms with Crippen molar-refractivity contribution in [2.45, 2.75) is 19.0 Å². The van der Waals surface area contributed by atoms with Crippen molar-refractivity contribution < 1.29 is 9.59 Å². The molecular formula is C15H19N3O2. The number of hydrogen-bond acceptors (Lipinski definition) is 3. The van der Waals surface area contributed by atoms with Crippen molar-refractivity contribution in [3.8, 4) is 0 Å². The standard InChI is InChI=1S/C15H19N3O2/c16-13-7-6-12(8-13)15(20)18-10-14(19)17-9-11-4-2-1-3-5-11/h1-7,12-13H,8-10,16H2,(H,17,19)(H,18,20). The highest BCUT2D eigenvalue weighted by Crippen LogP contribution is 2.15. The molecule has 0 fully saturated rings. The van der Waals surface area contributed by atoms with Crippen molar-refractivity contribution in [2.24, 2.45) is 11.7 Å². The molecule has 0 aliphatic heterocycles. The molecule has 20 heavy (non-hydrogen) atoms. The van der Waals surface area contributed by atoms with E-state index in [0.29, 0.717) is 13.0 Å². The summed E-state index contributed by atoms with van der Waals surface area (Å²) in [7, 11) is 0. The summed E-state index contributed by atoms with van der Waals surface area (Å²) in [5, 5.41) is 5.38. The zero-order valence-corrected chi connectivity index (χ0v) is 11.2. The molecular weight excluding hydrogens is 254 g/mol. The summed E-state index contributed by atoms with van der Waals surface area (Å²) >= 11 is 0. The van der Waals surface area contributed by atoms with Crippen molar-refractivity contribution in [2.75, 3.05) is 6.54 Å². The first-order chi connectivity index (χ1) is 9.65. The third kappa shape index (κ3) is 4.20. The van der Waals surface area contributed by atoms with Crippen LogP contribution in [0, 0.1) is 5.92 Å². The van der Waals surface area contributed by atoms with Crippen LogP contribution < -0.4 is 16.4 Å². The van der Waals surface area contributed by atoms with E-state index >= 15 is 0 Å². The number of rotatable bonds is 5. The summed E-state index contributed by atoms with van der Waals surface area (Å²) in [5.74, 6) is -0.565. The molecule has 106 valence electrons. The Morgan fingerprint density at radius 3 is 2.55 bits per heavy atom. The minimum Gasteiger partial charge on any atom is -0.350 e. The topological polar surface area (TPSA) is 84.2 Å². The summed E-state index contributed by atoms with van der Waals surface area (Å²) in [4.78, 5) is 23.4. The van der Waals surface area contributed by atoms with E-state index in [9.17, 15) is 9.59 Å². The van der Waals surface area contributed by atoms with Crippen LogP contribution in [-0.4, -0.2) is 24.4 Å². The molecule has 2 rings (SSSR count). The lowest BCUT2D eigenvalue weighted by Gasteiger charge is -2.10. The van der Waals surface area contributed by atoms with E-state index in [1.165, 1.54) is 0 Å². The SMILES string of the molecule is NC1C=CC(C(=O)NCC(=O)NCc2ccccc2)C1. The van der Waals surface area contributed by atoms with Crippen molar-refractivity contribution in [3.05, 3.63) is 48.0 Å². The first-order valence-corrected chi connectivity index (χ1v) is 6.67. The van der Waals surface area contributed by atoms with E-state index < -0.39 is 0 Å². The van der Waals surface area contributed by atoms with Crippen LogP contribution in [0.15, 0.2) is 42.5 Å². The van der Waals surface area contributed by atoms with Crippen LogP contribution in [0.3, 0.4) is 0 Å². The van der Waals surface area contributed by atoms with E-state index in [4.69, 9.17) is 5.73 Å². The Hall–Kier alpha value is -2.14. The van der Waals surface area contributed by atoms with Gasteiger partial charge in [-0.2, -0.15) is 0 Å². The van der Waals surface area contributed by atoms with Gasteiger partial charge < -0.3 is 16.4 Å². The van der Waals surface area contributed by atoms with Crippen molar-refractivity contribution >= 4 is 11.8 Å².